The molecule has 0 amide bonds. The summed E-state index contributed by atoms with van der Waals surface area (Å²) >= 11 is 1.48. The number of aromatic nitrogens is 1. The number of nitrogens with zero attached hydrogens (tertiary/aromatic N) is 4. The molecule has 2 atom stereocenters. The number of ether oxygens (including phenoxy) is 1. The molecule has 1 N–H and O–H groups in total. The first-order valence-electron chi connectivity index (χ1n) is 8.07. The van der Waals surface area contributed by atoms with Crippen LogP contribution in [0.5, 0.6) is 0 Å². The minimum Gasteiger partial charge on any atom is -0.466 e. The van der Waals surface area contributed by atoms with Crippen molar-refractivity contribution < 1.29 is 13.7 Å². The highest BCUT2D eigenvalue weighted by Gasteiger charge is 2.38. The molecular formula is C17H19N5O3S2. The van der Waals surface area contributed by atoms with Crippen molar-refractivity contribution >= 4 is 40.8 Å². The lowest BCUT2D eigenvalue weighted by Crippen LogP contribution is -2.38. The maximum atomic E-state index is 12.5. The van der Waals surface area contributed by atoms with Gasteiger partial charge < -0.3 is 9.64 Å². The van der Waals surface area contributed by atoms with Crippen LogP contribution in [0.3, 0.4) is 0 Å². The van der Waals surface area contributed by atoms with Gasteiger partial charge in [0.1, 0.15) is 11.0 Å². The van der Waals surface area contributed by atoms with Crippen LogP contribution in [-0.2, 0) is 20.5 Å². The van der Waals surface area contributed by atoms with Gasteiger partial charge in [0.15, 0.2) is 10.8 Å². The molecule has 1 aromatic heterocycles. The molecular weight excluding hydrogens is 386 g/mol. The first-order valence-corrected chi connectivity index (χ1v) is 10.1. The van der Waals surface area contributed by atoms with E-state index in [1.54, 1.807) is 6.20 Å². The van der Waals surface area contributed by atoms with Crippen molar-refractivity contribution in [2.75, 3.05) is 20.2 Å². The van der Waals surface area contributed by atoms with Crippen LogP contribution in [-0.4, -0.2) is 58.9 Å². The second-order valence-corrected chi connectivity index (χ2v) is 7.85. The normalized spacial score (nSPS) is 20.8. The van der Waals surface area contributed by atoms with Gasteiger partial charge in [0.05, 0.1) is 24.1 Å². The van der Waals surface area contributed by atoms with Crippen LogP contribution in [0.4, 0.5) is 0 Å². The smallest absolute Gasteiger partial charge is 0.337 e. The summed E-state index contributed by atoms with van der Waals surface area (Å²) < 4.78 is 20.5. The molecule has 1 saturated heterocycles. The first kappa shape index (κ1) is 19.3. The number of esters is 1. The van der Waals surface area contributed by atoms with E-state index >= 15 is 0 Å². The van der Waals surface area contributed by atoms with E-state index in [0.717, 1.165) is 16.5 Å². The standard InChI is InChI=1S/C17H19N5O3S2/c1-4-12(8-18-2)27(24)21-11-7-14-13(17(23)25-3)9-20-15(22(14)10-11)16-19-5-6-26-16/h4-6,8,11,21H,1-2,7,9-10H2,3H3/b12-8+. The third kappa shape index (κ3) is 3.97. The monoisotopic (exact) mass is 405 g/mol. The lowest BCUT2D eigenvalue weighted by atomic mass is 10.1. The number of fused-ring (bicyclic) bond motifs is 1. The highest BCUT2D eigenvalue weighted by atomic mass is 32.2. The van der Waals surface area contributed by atoms with E-state index in [-0.39, 0.29) is 12.6 Å². The number of thiazole rings is 1. The number of aliphatic imine (C=N–C) groups is 2. The highest BCUT2D eigenvalue weighted by Crippen LogP contribution is 2.32. The molecule has 0 spiro atoms. The second kappa shape index (κ2) is 8.51. The lowest BCUT2D eigenvalue weighted by Gasteiger charge is -2.26. The average Bonchev–Trinajstić information content (AvgIpc) is 3.34. The third-order valence-corrected chi connectivity index (χ3v) is 6.14. The van der Waals surface area contributed by atoms with Crippen LogP contribution in [0, 0.1) is 0 Å². The summed E-state index contributed by atoms with van der Waals surface area (Å²) in [6, 6.07) is -0.156. The van der Waals surface area contributed by atoms with Gasteiger partial charge in [-0.2, -0.15) is 0 Å². The zero-order valence-electron chi connectivity index (χ0n) is 14.8. The van der Waals surface area contributed by atoms with Crippen molar-refractivity contribution in [3.8, 4) is 0 Å². The Morgan fingerprint density at radius 1 is 1.59 bits per heavy atom. The highest BCUT2D eigenvalue weighted by molar-refractivity contribution is 7.87. The Balaban J connectivity index is 1.87. The Morgan fingerprint density at radius 2 is 2.41 bits per heavy atom. The van der Waals surface area contributed by atoms with Gasteiger partial charge in [-0.25, -0.2) is 18.7 Å². The number of amidine groups is 1. The third-order valence-electron chi connectivity index (χ3n) is 4.12. The van der Waals surface area contributed by atoms with Crippen LogP contribution in [0.1, 0.15) is 11.4 Å². The summed E-state index contributed by atoms with van der Waals surface area (Å²) in [5.41, 5.74) is 1.34. The Morgan fingerprint density at radius 3 is 3.04 bits per heavy atom. The number of rotatable bonds is 7. The maximum Gasteiger partial charge on any atom is 0.337 e. The molecule has 142 valence electrons. The van der Waals surface area contributed by atoms with Crippen LogP contribution < -0.4 is 4.72 Å². The number of nitrogens with one attached hydrogen (secondary N) is 1. The van der Waals surface area contributed by atoms with E-state index in [1.807, 2.05) is 10.3 Å². The van der Waals surface area contributed by atoms with Crippen molar-refractivity contribution in [3.05, 3.63) is 51.6 Å². The van der Waals surface area contributed by atoms with Crippen LogP contribution >= 0.6 is 11.3 Å². The van der Waals surface area contributed by atoms with E-state index in [4.69, 9.17) is 4.74 Å². The molecule has 10 heteroatoms. The topological polar surface area (TPSA) is 96.2 Å². The lowest BCUT2D eigenvalue weighted by molar-refractivity contribution is -0.136. The van der Waals surface area contributed by atoms with Gasteiger partial charge in [0, 0.05) is 42.5 Å². The van der Waals surface area contributed by atoms with E-state index in [1.165, 1.54) is 30.7 Å². The molecule has 2 aliphatic heterocycles. The van der Waals surface area contributed by atoms with Gasteiger partial charge in [-0.3, -0.25) is 9.98 Å². The molecule has 0 radical (unpaired) electrons. The number of allylic oxidation sites excluding steroid dienone is 1. The molecule has 1 fully saturated rings. The molecule has 0 saturated carbocycles. The minimum atomic E-state index is -1.49. The number of carbonyl (C=O) groups is 1. The summed E-state index contributed by atoms with van der Waals surface area (Å²) in [6.45, 7) is 7.76. The fourth-order valence-corrected chi connectivity index (χ4v) is 4.53. The predicted molar refractivity (Wildman–Crippen MR) is 107 cm³/mol. The Kier molecular flexibility index (Phi) is 6.09. The molecule has 3 rings (SSSR count). The molecule has 0 aromatic carbocycles. The van der Waals surface area contributed by atoms with E-state index in [0.29, 0.717) is 23.4 Å². The number of methoxy groups -OCH3 is 1. The molecule has 0 aliphatic carbocycles. The van der Waals surface area contributed by atoms with E-state index in [9.17, 15) is 9.00 Å². The van der Waals surface area contributed by atoms with Crippen LogP contribution in [0.15, 0.2) is 56.6 Å². The summed E-state index contributed by atoms with van der Waals surface area (Å²) in [5.74, 6) is 0.316. The van der Waals surface area contributed by atoms with Gasteiger partial charge in [-0.15, -0.1) is 11.3 Å². The van der Waals surface area contributed by atoms with Crippen molar-refractivity contribution in [1.29, 1.82) is 0 Å². The fraction of sp³-hybridized carbons (Fsp3) is 0.294. The largest absolute Gasteiger partial charge is 0.466 e. The Bertz CT molecular complexity index is 873. The predicted octanol–water partition coefficient (Wildman–Crippen LogP) is 1.39. The maximum absolute atomic E-state index is 12.5. The molecule has 2 aliphatic rings. The molecule has 2 unspecified atom stereocenters. The number of hydrogen-bond donors (Lipinski definition) is 1. The van der Waals surface area contributed by atoms with Crippen molar-refractivity contribution in [3.63, 3.8) is 0 Å². The summed E-state index contributed by atoms with van der Waals surface area (Å²) in [4.78, 5) is 27.1. The average molecular weight is 406 g/mol. The first-order chi connectivity index (χ1) is 13.1. The van der Waals surface area contributed by atoms with E-state index in [2.05, 4.69) is 33.0 Å². The van der Waals surface area contributed by atoms with Crippen molar-refractivity contribution in [1.82, 2.24) is 14.6 Å². The summed E-state index contributed by atoms with van der Waals surface area (Å²) in [5, 5.41) is 2.65. The Labute approximate surface area is 163 Å². The van der Waals surface area contributed by atoms with Gasteiger partial charge in [-0.1, -0.05) is 12.7 Å². The second-order valence-electron chi connectivity index (χ2n) is 5.71. The van der Waals surface area contributed by atoms with Crippen molar-refractivity contribution in [2.45, 2.75) is 12.5 Å². The molecule has 0 bridgehead atoms. The van der Waals surface area contributed by atoms with Gasteiger partial charge >= 0.3 is 5.97 Å². The van der Waals surface area contributed by atoms with Gasteiger partial charge in [0.25, 0.3) is 0 Å². The molecule has 1 aromatic rings. The number of hydrogen-bond acceptors (Lipinski definition) is 8. The number of carbonyl (C=O) groups excluding carboxylic acids is 1. The Hall–Kier alpha value is -2.43. The molecule has 3 heterocycles. The summed E-state index contributed by atoms with van der Waals surface area (Å²) in [7, 11) is -0.141. The summed E-state index contributed by atoms with van der Waals surface area (Å²) in [6.07, 6.45) is 5.11. The molecule has 8 nitrogen and oxygen atoms in total. The zero-order chi connectivity index (χ0) is 19.4. The minimum absolute atomic E-state index is 0.156. The zero-order valence-corrected chi connectivity index (χ0v) is 16.4. The van der Waals surface area contributed by atoms with Gasteiger partial charge in [-0.05, 0) is 6.72 Å². The molecule has 27 heavy (non-hydrogen) atoms. The fourth-order valence-electron chi connectivity index (χ4n) is 2.96. The van der Waals surface area contributed by atoms with Crippen LogP contribution in [0.25, 0.3) is 0 Å². The SMILES string of the molecule is C=C/C(=C\N=C)S(=O)NC1CC2=C(C(=O)OC)CN=C(c3nccs3)N2C1. The quantitative estimate of drug-likeness (QED) is 0.420. The van der Waals surface area contributed by atoms with Crippen molar-refractivity contribution in [2.24, 2.45) is 9.98 Å². The van der Waals surface area contributed by atoms with Gasteiger partial charge in [0.2, 0.25) is 0 Å². The van der Waals surface area contributed by atoms with Crippen LogP contribution in [0.2, 0.25) is 0 Å². The van der Waals surface area contributed by atoms with E-state index < -0.39 is 17.0 Å².